The maximum atomic E-state index is 11.6. The van der Waals surface area contributed by atoms with Crippen LogP contribution in [0.15, 0.2) is 30.3 Å². The smallest absolute Gasteiger partial charge is 0.237 e. The molecule has 1 saturated heterocycles. The van der Waals surface area contributed by atoms with E-state index < -0.39 is 0 Å². The largest absolute Gasteiger partial charge is 0.342 e. The standard InChI is InChI=1S/C17H25ClN2O/c1-2-19(13-15-6-4-3-5-7-15)14-16-8-10-20(11-9-16)17(21)12-18/h3-7,16H,2,8-14H2,1H3. The molecule has 0 radical (unpaired) electrons. The molecule has 0 spiro atoms. The van der Waals surface area contributed by atoms with Gasteiger partial charge >= 0.3 is 0 Å². The van der Waals surface area contributed by atoms with Crippen LogP contribution in [0.4, 0.5) is 0 Å². The molecule has 116 valence electrons. The minimum Gasteiger partial charge on any atom is -0.342 e. The highest BCUT2D eigenvalue weighted by atomic mass is 35.5. The van der Waals surface area contributed by atoms with Gasteiger partial charge in [-0.2, -0.15) is 0 Å². The van der Waals surface area contributed by atoms with Crippen LogP contribution in [0.1, 0.15) is 25.3 Å². The molecule has 2 rings (SSSR count). The molecule has 4 heteroatoms. The number of benzene rings is 1. The quantitative estimate of drug-likeness (QED) is 0.754. The predicted molar refractivity (Wildman–Crippen MR) is 87.4 cm³/mol. The summed E-state index contributed by atoms with van der Waals surface area (Å²) in [5.74, 6) is 0.875. The van der Waals surface area contributed by atoms with Gasteiger partial charge in [0.2, 0.25) is 5.91 Å². The summed E-state index contributed by atoms with van der Waals surface area (Å²) in [7, 11) is 0. The van der Waals surface area contributed by atoms with Crippen LogP contribution >= 0.6 is 11.6 Å². The molecule has 1 aromatic carbocycles. The summed E-state index contributed by atoms with van der Waals surface area (Å²) >= 11 is 5.62. The summed E-state index contributed by atoms with van der Waals surface area (Å²) in [6.07, 6.45) is 2.18. The molecule has 21 heavy (non-hydrogen) atoms. The van der Waals surface area contributed by atoms with E-state index >= 15 is 0 Å². The van der Waals surface area contributed by atoms with Crippen molar-refractivity contribution in [3.05, 3.63) is 35.9 Å². The first-order valence-corrected chi connectivity index (χ1v) is 8.36. The van der Waals surface area contributed by atoms with E-state index in [1.54, 1.807) is 0 Å². The zero-order chi connectivity index (χ0) is 15.1. The molecule has 1 amide bonds. The van der Waals surface area contributed by atoms with E-state index in [0.29, 0.717) is 5.92 Å². The second-order valence-electron chi connectivity index (χ2n) is 5.77. The number of amides is 1. The van der Waals surface area contributed by atoms with Crippen molar-refractivity contribution in [1.29, 1.82) is 0 Å². The number of carbonyl (C=O) groups is 1. The van der Waals surface area contributed by atoms with Crippen molar-refractivity contribution in [2.75, 3.05) is 32.1 Å². The fraction of sp³-hybridized carbons (Fsp3) is 0.588. The highest BCUT2D eigenvalue weighted by Gasteiger charge is 2.23. The Bertz CT molecular complexity index is 430. The predicted octanol–water partition coefficient (Wildman–Crippen LogP) is 2.99. The van der Waals surface area contributed by atoms with Gasteiger partial charge in [0.25, 0.3) is 0 Å². The second-order valence-corrected chi connectivity index (χ2v) is 6.04. The minimum atomic E-state index is 0.0757. The fourth-order valence-electron chi connectivity index (χ4n) is 2.96. The lowest BCUT2D eigenvalue weighted by Gasteiger charge is -2.34. The molecular weight excluding hydrogens is 284 g/mol. The molecular formula is C17H25ClN2O. The molecule has 3 nitrogen and oxygen atoms in total. The Morgan fingerprint density at radius 3 is 2.52 bits per heavy atom. The van der Waals surface area contributed by atoms with Crippen molar-refractivity contribution < 1.29 is 4.79 Å². The summed E-state index contributed by atoms with van der Waals surface area (Å²) in [6.45, 7) is 7.13. The van der Waals surface area contributed by atoms with Crippen molar-refractivity contribution in [3.8, 4) is 0 Å². The summed E-state index contributed by atoms with van der Waals surface area (Å²) in [5, 5.41) is 0. The third-order valence-electron chi connectivity index (χ3n) is 4.29. The summed E-state index contributed by atoms with van der Waals surface area (Å²) in [4.78, 5) is 16.0. The zero-order valence-electron chi connectivity index (χ0n) is 12.8. The lowest BCUT2D eigenvalue weighted by molar-refractivity contribution is -0.129. The Hall–Kier alpha value is -1.06. The molecule has 0 aliphatic carbocycles. The molecule has 0 saturated carbocycles. The van der Waals surface area contributed by atoms with Gasteiger partial charge < -0.3 is 4.90 Å². The van der Waals surface area contributed by atoms with Gasteiger partial charge in [-0.25, -0.2) is 0 Å². The Labute approximate surface area is 132 Å². The van der Waals surface area contributed by atoms with Crippen molar-refractivity contribution in [2.24, 2.45) is 5.92 Å². The van der Waals surface area contributed by atoms with Crippen molar-refractivity contribution in [1.82, 2.24) is 9.80 Å². The number of likely N-dealkylation sites (tertiary alicyclic amines) is 1. The molecule has 1 aliphatic rings. The number of nitrogens with zero attached hydrogens (tertiary/aromatic N) is 2. The van der Waals surface area contributed by atoms with Gasteiger partial charge in [0.05, 0.1) is 0 Å². The Kier molecular flexibility index (Phi) is 6.52. The van der Waals surface area contributed by atoms with Gasteiger partial charge in [-0.3, -0.25) is 9.69 Å². The van der Waals surface area contributed by atoms with Gasteiger partial charge in [0.1, 0.15) is 5.88 Å². The topological polar surface area (TPSA) is 23.6 Å². The molecule has 1 aliphatic heterocycles. The fourth-order valence-corrected chi connectivity index (χ4v) is 3.13. The number of halogens is 1. The summed E-state index contributed by atoms with van der Waals surface area (Å²) in [6, 6.07) is 10.6. The van der Waals surface area contributed by atoms with Crippen molar-refractivity contribution >= 4 is 17.5 Å². The first-order chi connectivity index (χ1) is 10.2. The first kappa shape index (κ1) is 16.3. The van der Waals surface area contributed by atoms with Crippen LogP contribution in [-0.4, -0.2) is 47.8 Å². The normalized spacial score (nSPS) is 16.4. The minimum absolute atomic E-state index is 0.0757. The molecule has 1 fully saturated rings. The summed E-state index contributed by atoms with van der Waals surface area (Å²) in [5.41, 5.74) is 1.37. The van der Waals surface area contributed by atoms with Gasteiger partial charge in [0.15, 0.2) is 0 Å². The van der Waals surface area contributed by atoms with Gasteiger partial charge in [-0.1, -0.05) is 37.3 Å². The van der Waals surface area contributed by atoms with Crippen LogP contribution in [0.3, 0.4) is 0 Å². The summed E-state index contributed by atoms with van der Waals surface area (Å²) < 4.78 is 0. The highest BCUT2D eigenvalue weighted by molar-refractivity contribution is 6.27. The number of hydrogen-bond donors (Lipinski definition) is 0. The van der Waals surface area contributed by atoms with Crippen LogP contribution in [0, 0.1) is 5.92 Å². The van der Waals surface area contributed by atoms with Crippen LogP contribution in [-0.2, 0) is 11.3 Å². The van der Waals surface area contributed by atoms with E-state index in [1.165, 1.54) is 5.56 Å². The van der Waals surface area contributed by atoms with Crippen LogP contribution < -0.4 is 0 Å². The lowest BCUT2D eigenvalue weighted by atomic mass is 9.96. The first-order valence-electron chi connectivity index (χ1n) is 7.83. The van der Waals surface area contributed by atoms with E-state index in [1.807, 2.05) is 4.90 Å². The number of piperidine rings is 1. The molecule has 1 aromatic rings. The maximum absolute atomic E-state index is 11.6. The number of alkyl halides is 1. The number of rotatable bonds is 6. The lowest BCUT2D eigenvalue weighted by Crippen LogP contribution is -2.42. The SMILES string of the molecule is CCN(Cc1ccccc1)CC1CCN(C(=O)CCl)CC1. The van der Waals surface area contributed by atoms with E-state index in [9.17, 15) is 4.79 Å². The van der Waals surface area contributed by atoms with Gasteiger partial charge in [-0.05, 0) is 30.9 Å². The van der Waals surface area contributed by atoms with E-state index in [-0.39, 0.29) is 11.8 Å². The van der Waals surface area contributed by atoms with Gasteiger partial charge in [0, 0.05) is 26.2 Å². The van der Waals surface area contributed by atoms with E-state index in [0.717, 1.165) is 45.6 Å². The van der Waals surface area contributed by atoms with Crippen LogP contribution in [0.25, 0.3) is 0 Å². The average Bonchev–Trinajstić information content (AvgIpc) is 2.55. The van der Waals surface area contributed by atoms with E-state index in [2.05, 4.69) is 42.2 Å². The Morgan fingerprint density at radius 1 is 1.29 bits per heavy atom. The van der Waals surface area contributed by atoms with Gasteiger partial charge in [-0.15, -0.1) is 11.6 Å². The molecule has 0 N–H and O–H groups in total. The molecule has 0 unspecified atom stereocenters. The maximum Gasteiger partial charge on any atom is 0.237 e. The third-order valence-corrected chi connectivity index (χ3v) is 4.52. The molecule has 1 heterocycles. The van der Waals surface area contributed by atoms with Crippen molar-refractivity contribution in [2.45, 2.75) is 26.3 Å². The van der Waals surface area contributed by atoms with Crippen LogP contribution in [0.2, 0.25) is 0 Å². The van der Waals surface area contributed by atoms with Crippen LogP contribution in [0.5, 0.6) is 0 Å². The zero-order valence-corrected chi connectivity index (χ0v) is 13.6. The molecule has 0 atom stereocenters. The monoisotopic (exact) mass is 308 g/mol. The number of hydrogen-bond acceptors (Lipinski definition) is 2. The molecule has 0 bridgehead atoms. The van der Waals surface area contributed by atoms with Crippen molar-refractivity contribution in [3.63, 3.8) is 0 Å². The second kappa shape index (κ2) is 8.40. The highest BCUT2D eigenvalue weighted by Crippen LogP contribution is 2.19. The molecule has 0 aromatic heterocycles. The number of carbonyl (C=O) groups excluding carboxylic acids is 1. The Morgan fingerprint density at radius 2 is 1.95 bits per heavy atom. The van der Waals surface area contributed by atoms with E-state index in [4.69, 9.17) is 11.6 Å². The Balaban J connectivity index is 1.79. The third kappa shape index (κ3) is 5.01. The average molecular weight is 309 g/mol.